The fraction of sp³-hybridized carbons (Fsp3) is 0.857. The third-order valence-electron chi connectivity index (χ3n) is 6.51. The van der Waals surface area contributed by atoms with Gasteiger partial charge >= 0.3 is 5.97 Å². The van der Waals surface area contributed by atoms with Crippen LogP contribution in [0.3, 0.4) is 0 Å². The van der Waals surface area contributed by atoms with Gasteiger partial charge in [-0.05, 0) is 56.8 Å². The third kappa shape index (κ3) is 3.29. The molecule has 3 heteroatoms. The Balaban J connectivity index is 1.82. The predicted octanol–water partition coefficient (Wildman–Crippen LogP) is 4.63. The van der Waals surface area contributed by atoms with Crippen LogP contribution in [0, 0.1) is 23.2 Å². The number of esters is 1. The van der Waals surface area contributed by atoms with Crippen molar-refractivity contribution in [3.8, 4) is 0 Å². The molecule has 0 radical (unpaired) electrons. The normalized spacial score (nSPS) is 39.2. The minimum absolute atomic E-state index is 0.104. The maximum atomic E-state index is 13.1. The van der Waals surface area contributed by atoms with Crippen LogP contribution in [-0.4, -0.2) is 22.3 Å². The summed E-state index contributed by atoms with van der Waals surface area (Å²) in [5.41, 5.74) is -0.0319. The Kier molecular flexibility index (Phi) is 4.39. The van der Waals surface area contributed by atoms with Crippen molar-refractivity contribution in [3.63, 3.8) is 0 Å². The highest BCUT2D eigenvalue weighted by atomic mass is 16.6. The van der Waals surface area contributed by atoms with Crippen LogP contribution >= 0.6 is 0 Å². The molecule has 3 aliphatic rings. The van der Waals surface area contributed by atoms with E-state index in [2.05, 4.69) is 20.8 Å². The lowest BCUT2D eigenvalue weighted by Crippen LogP contribution is -2.42. The number of fused-ring (bicyclic) bond motifs is 2. The molecule has 3 aliphatic carbocycles. The third-order valence-corrected chi connectivity index (χ3v) is 6.51. The summed E-state index contributed by atoms with van der Waals surface area (Å²) in [4.78, 5) is 13.1. The fourth-order valence-corrected chi connectivity index (χ4v) is 5.49. The fourth-order valence-electron chi connectivity index (χ4n) is 5.49. The molecule has 3 rings (SSSR count). The topological polar surface area (TPSA) is 46.5 Å². The molecule has 0 spiro atoms. The largest absolute Gasteiger partial charge is 0.458 e. The van der Waals surface area contributed by atoms with Gasteiger partial charge in [0.15, 0.2) is 0 Å². The summed E-state index contributed by atoms with van der Waals surface area (Å²) in [6, 6.07) is 0. The molecule has 3 bridgehead atoms. The molecule has 5 atom stereocenters. The number of hydrogen-bond donors (Lipinski definition) is 1. The summed E-state index contributed by atoms with van der Waals surface area (Å²) in [5, 5.41) is 11.1. The Morgan fingerprint density at radius 3 is 2.62 bits per heavy atom. The zero-order valence-electron chi connectivity index (χ0n) is 16.0. The van der Waals surface area contributed by atoms with Gasteiger partial charge < -0.3 is 9.84 Å². The minimum atomic E-state index is -0.598. The SMILES string of the molecule is CC(C)=CC(C(=O)OC12CC3CCCC(O)(C1)C(C3)C2)C(C)(C)C. The molecular weight excluding hydrogens is 300 g/mol. The molecule has 0 saturated heterocycles. The van der Waals surface area contributed by atoms with E-state index in [0.29, 0.717) is 18.3 Å². The number of aliphatic hydroxyl groups is 1. The van der Waals surface area contributed by atoms with Crippen LogP contribution in [0.1, 0.15) is 79.6 Å². The van der Waals surface area contributed by atoms with Crippen LogP contribution in [-0.2, 0) is 9.53 Å². The van der Waals surface area contributed by atoms with Gasteiger partial charge in [-0.3, -0.25) is 4.79 Å². The second-order valence-electron chi connectivity index (χ2n) is 10.1. The van der Waals surface area contributed by atoms with E-state index in [0.717, 1.165) is 37.7 Å². The van der Waals surface area contributed by atoms with E-state index >= 15 is 0 Å². The molecule has 0 heterocycles. The van der Waals surface area contributed by atoms with Crippen LogP contribution < -0.4 is 0 Å². The van der Waals surface area contributed by atoms with Crippen molar-refractivity contribution >= 4 is 5.97 Å². The predicted molar refractivity (Wildman–Crippen MR) is 95.4 cm³/mol. The van der Waals surface area contributed by atoms with Gasteiger partial charge in [-0.1, -0.05) is 45.3 Å². The molecule has 136 valence electrons. The highest BCUT2D eigenvalue weighted by molar-refractivity contribution is 5.76. The van der Waals surface area contributed by atoms with Gasteiger partial charge in [-0.2, -0.15) is 0 Å². The summed E-state index contributed by atoms with van der Waals surface area (Å²) in [5.74, 6) is 0.605. The maximum absolute atomic E-state index is 13.1. The zero-order valence-corrected chi connectivity index (χ0v) is 16.0. The number of rotatable bonds is 3. The first kappa shape index (κ1) is 18.0. The van der Waals surface area contributed by atoms with E-state index < -0.39 is 11.2 Å². The van der Waals surface area contributed by atoms with Crippen molar-refractivity contribution in [2.24, 2.45) is 23.2 Å². The van der Waals surface area contributed by atoms with E-state index in [1.807, 2.05) is 19.9 Å². The second-order valence-corrected chi connectivity index (χ2v) is 10.1. The first-order valence-corrected chi connectivity index (χ1v) is 9.63. The molecule has 0 aromatic heterocycles. The van der Waals surface area contributed by atoms with Gasteiger partial charge in [-0.15, -0.1) is 0 Å². The first-order chi connectivity index (χ1) is 11.0. The van der Waals surface area contributed by atoms with E-state index in [-0.39, 0.29) is 17.3 Å². The molecule has 1 N–H and O–H groups in total. The summed E-state index contributed by atoms with van der Waals surface area (Å²) in [6.07, 6.45) is 8.79. The minimum Gasteiger partial charge on any atom is -0.458 e. The highest BCUT2D eigenvalue weighted by Gasteiger charge is 2.61. The van der Waals surface area contributed by atoms with Crippen LogP contribution in [0.2, 0.25) is 0 Å². The van der Waals surface area contributed by atoms with Crippen molar-refractivity contribution in [2.75, 3.05) is 0 Å². The van der Waals surface area contributed by atoms with E-state index in [4.69, 9.17) is 4.74 Å². The number of carbonyl (C=O) groups is 1. The lowest BCUT2D eigenvalue weighted by molar-refractivity contribution is -0.171. The van der Waals surface area contributed by atoms with Crippen molar-refractivity contribution in [1.82, 2.24) is 0 Å². The quantitative estimate of drug-likeness (QED) is 0.604. The molecule has 0 aliphatic heterocycles. The summed E-state index contributed by atoms with van der Waals surface area (Å²) >= 11 is 0. The second kappa shape index (κ2) is 5.86. The smallest absolute Gasteiger partial charge is 0.313 e. The van der Waals surface area contributed by atoms with E-state index in [1.165, 1.54) is 6.42 Å². The molecule has 24 heavy (non-hydrogen) atoms. The van der Waals surface area contributed by atoms with Gasteiger partial charge in [-0.25, -0.2) is 0 Å². The van der Waals surface area contributed by atoms with Gasteiger partial charge in [0, 0.05) is 6.42 Å². The van der Waals surface area contributed by atoms with Crippen LogP contribution in [0.15, 0.2) is 11.6 Å². The first-order valence-electron chi connectivity index (χ1n) is 9.63. The summed E-state index contributed by atoms with van der Waals surface area (Å²) in [6.45, 7) is 10.3. The van der Waals surface area contributed by atoms with Gasteiger partial charge in [0.1, 0.15) is 5.60 Å². The van der Waals surface area contributed by atoms with Gasteiger partial charge in [0.2, 0.25) is 0 Å². The number of ether oxygens (including phenoxy) is 1. The average Bonchev–Trinajstić information content (AvgIpc) is 2.53. The molecule has 3 nitrogen and oxygen atoms in total. The van der Waals surface area contributed by atoms with E-state index in [1.54, 1.807) is 0 Å². The average molecular weight is 335 g/mol. The van der Waals surface area contributed by atoms with Gasteiger partial charge in [0.25, 0.3) is 0 Å². The lowest BCUT2D eigenvalue weighted by atomic mass is 9.76. The van der Waals surface area contributed by atoms with Crippen molar-refractivity contribution in [2.45, 2.75) is 90.8 Å². The molecule has 3 fully saturated rings. The highest BCUT2D eigenvalue weighted by Crippen LogP contribution is 2.59. The zero-order chi connectivity index (χ0) is 17.8. The van der Waals surface area contributed by atoms with E-state index in [9.17, 15) is 9.90 Å². The Labute approximate surface area is 146 Å². The monoisotopic (exact) mass is 334 g/mol. The van der Waals surface area contributed by atoms with Crippen molar-refractivity contribution in [1.29, 1.82) is 0 Å². The molecule has 5 unspecified atom stereocenters. The Bertz CT molecular complexity index is 536. The van der Waals surface area contributed by atoms with Crippen molar-refractivity contribution < 1.29 is 14.6 Å². The Morgan fingerprint density at radius 1 is 1.29 bits per heavy atom. The molecule has 0 aromatic carbocycles. The standard InChI is InChI=1S/C21H34O3/c1-14(2)9-17(19(3,4)5)18(22)24-20-11-15-7-6-8-21(23,13-20)16(10-15)12-20/h9,15-17,23H,6-8,10-13H2,1-5H3. The summed E-state index contributed by atoms with van der Waals surface area (Å²) < 4.78 is 6.22. The Morgan fingerprint density at radius 2 is 2.00 bits per heavy atom. The molecular formula is C21H34O3. The van der Waals surface area contributed by atoms with Crippen LogP contribution in [0.25, 0.3) is 0 Å². The maximum Gasteiger partial charge on any atom is 0.313 e. The summed E-state index contributed by atoms with van der Waals surface area (Å²) in [7, 11) is 0. The molecule has 3 saturated carbocycles. The Hall–Kier alpha value is -0.830. The molecule has 0 amide bonds. The van der Waals surface area contributed by atoms with Crippen LogP contribution in [0.4, 0.5) is 0 Å². The van der Waals surface area contributed by atoms with Crippen molar-refractivity contribution in [3.05, 3.63) is 11.6 Å². The number of carbonyl (C=O) groups excluding carboxylic acids is 1. The molecule has 0 aromatic rings. The number of hydrogen-bond acceptors (Lipinski definition) is 3. The van der Waals surface area contributed by atoms with Gasteiger partial charge in [0.05, 0.1) is 11.5 Å². The number of allylic oxidation sites excluding steroid dienone is 1. The van der Waals surface area contributed by atoms with Crippen LogP contribution in [0.5, 0.6) is 0 Å². The lowest BCUT2D eigenvalue weighted by Gasteiger charge is -2.39.